The van der Waals surface area contributed by atoms with E-state index in [4.69, 9.17) is 9.47 Å². The Bertz CT molecular complexity index is 506. The highest BCUT2D eigenvalue weighted by Crippen LogP contribution is 2.41. The molecule has 2 fully saturated rings. The summed E-state index contributed by atoms with van der Waals surface area (Å²) in [5.41, 5.74) is -0.339. The van der Waals surface area contributed by atoms with Gasteiger partial charge in [-0.15, -0.1) is 0 Å². The van der Waals surface area contributed by atoms with Gasteiger partial charge in [0.2, 0.25) is 0 Å². The maximum absolute atomic E-state index is 13.3. The van der Waals surface area contributed by atoms with Crippen LogP contribution in [0.2, 0.25) is 0 Å². The fourth-order valence-electron chi connectivity index (χ4n) is 3.22. The van der Waals surface area contributed by atoms with Gasteiger partial charge in [0, 0.05) is 19.6 Å². The Morgan fingerprint density at radius 1 is 1.19 bits per heavy atom. The van der Waals surface area contributed by atoms with Crippen LogP contribution in [0.5, 0.6) is 0 Å². The lowest BCUT2D eigenvalue weighted by atomic mass is 9.80. The smallest absolute Gasteiger partial charge is 0.194 e. The van der Waals surface area contributed by atoms with Crippen LogP contribution < -0.4 is 0 Å². The molecule has 0 aliphatic carbocycles. The summed E-state index contributed by atoms with van der Waals surface area (Å²) >= 11 is 0. The highest BCUT2D eigenvalue weighted by Gasteiger charge is 2.43. The third-order valence-corrected chi connectivity index (χ3v) is 4.39. The van der Waals surface area contributed by atoms with Crippen molar-refractivity contribution in [2.75, 3.05) is 19.8 Å². The quantitative estimate of drug-likeness (QED) is 0.854. The molecule has 2 aliphatic heterocycles. The minimum atomic E-state index is -1.52. The second-order valence-electron chi connectivity index (χ2n) is 5.83. The van der Waals surface area contributed by atoms with E-state index >= 15 is 0 Å². The van der Waals surface area contributed by atoms with Crippen LogP contribution in [-0.2, 0) is 9.47 Å². The summed E-state index contributed by atoms with van der Waals surface area (Å²) in [6.45, 7) is 1.56. The minimum absolute atomic E-state index is 0.0624. The van der Waals surface area contributed by atoms with Crippen molar-refractivity contribution in [2.24, 2.45) is 5.92 Å². The molecule has 1 spiro atoms. The molecular formula is C15H17F3O3. The van der Waals surface area contributed by atoms with Crippen molar-refractivity contribution in [3.8, 4) is 0 Å². The van der Waals surface area contributed by atoms with Gasteiger partial charge < -0.3 is 14.6 Å². The Morgan fingerprint density at radius 2 is 1.90 bits per heavy atom. The molecule has 0 radical (unpaired) electrons. The topological polar surface area (TPSA) is 38.7 Å². The molecule has 3 unspecified atom stereocenters. The van der Waals surface area contributed by atoms with Crippen LogP contribution in [0, 0.1) is 23.4 Å². The third-order valence-electron chi connectivity index (χ3n) is 4.39. The van der Waals surface area contributed by atoms with Crippen LogP contribution in [0.25, 0.3) is 0 Å². The van der Waals surface area contributed by atoms with E-state index in [2.05, 4.69) is 0 Å². The lowest BCUT2D eigenvalue weighted by Gasteiger charge is -2.39. The SMILES string of the molecule is OC(c1cc(F)c(F)c(F)c1)C1CCOC2(CCOC2)C1. The van der Waals surface area contributed by atoms with Gasteiger partial charge in [0.15, 0.2) is 17.5 Å². The fraction of sp³-hybridized carbons (Fsp3) is 0.600. The number of aliphatic hydroxyl groups is 1. The molecule has 2 saturated heterocycles. The molecule has 0 saturated carbocycles. The number of rotatable bonds is 2. The molecule has 0 aromatic heterocycles. The molecule has 6 heteroatoms. The van der Waals surface area contributed by atoms with E-state index in [1.165, 1.54) is 0 Å². The Balaban J connectivity index is 1.79. The summed E-state index contributed by atoms with van der Waals surface area (Å²) in [6.07, 6.45) is 0.858. The molecule has 0 bridgehead atoms. The molecule has 1 aromatic carbocycles. The molecule has 2 aliphatic rings. The van der Waals surface area contributed by atoms with Gasteiger partial charge >= 0.3 is 0 Å². The Kier molecular flexibility index (Phi) is 3.94. The number of hydrogen-bond donors (Lipinski definition) is 1. The molecule has 0 amide bonds. The molecule has 21 heavy (non-hydrogen) atoms. The van der Waals surface area contributed by atoms with Crippen LogP contribution in [-0.4, -0.2) is 30.5 Å². The average Bonchev–Trinajstić information content (AvgIpc) is 2.91. The van der Waals surface area contributed by atoms with E-state index in [9.17, 15) is 18.3 Å². The van der Waals surface area contributed by atoms with Crippen molar-refractivity contribution in [3.63, 3.8) is 0 Å². The Hall–Kier alpha value is -1.11. The van der Waals surface area contributed by atoms with Gasteiger partial charge in [0.25, 0.3) is 0 Å². The first-order chi connectivity index (χ1) is 10.0. The van der Waals surface area contributed by atoms with Gasteiger partial charge in [0.1, 0.15) is 0 Å². The Morgan fingerprint density at radius 3 is 2.52 bits per heavy atom. The van der Waals surface area contributed by atoms with Crippen molar-refractivity contribution >= 4 is 0 Å². The normalized spacial score (nSPS) is 30.8. The monoisotopic (exact) mass is 302 g/mol. The minimum Gasteiger partial charge on any atom is -0.388 e. The molecule has 3 rings (SSSR count). The lowest BCUT2D eigenvalue weighted by molar-refractivity contribution is -0.117. The van der Waals surface area contributed by atoms with E-state index in [-0.39, 0.29) is 11.5 Å². The standard InChI is InChI=1S/C15H17F3O3/c16-11-5-10(6-12(17)13(11)18)14(19)9-1-3-21-15(7-9)2-4-20-8-15/h5-6,9,14,19H,1-4,7-8H2. The van der Waals surface area contributed by atoms with Crippen LogP contribution >= 0.6 is 0 Å². The zero-order valence-electron chi connectivity index (χ0n) is 11.4. The van der Waals surface area contributed by atoms with Crippen molar-refractivity contribution in [2.45, 2.75) is 31.0 Å². The van der Waals surface area contributed by atoms with Crippen molar-refractivity contribution in [1.29, 1.82) is 0 Å². The van der Waals surface area contributed by atoms with Gasteiger partial charge in [-0.05, 0) is 36.5 Å². The number of hydrogen-bond acceptors (Lipinski definition) is 3. The fourth-order valence-corrected chi connectivity index (χ4v) is 3.22. The third kappa shape index (κ3) is 2.80. The average molecular weight is 302 g/mol. The second-order valence-corrected chi connectivity index (χ2v) is 5.83. The summed E-state index contributed by atoms with van der Waals surface area (Å²) in [5, 5.41) is 10.4. The van der Waals surface area contributed by atoms with Crippen LogP contribution in [0.15, 0.2) is 12.1 Å². The van der Waals surface area contributed by atoms with Gasteiger partial charge in [-0.25, -0.2) is 13.2 Å². The van der Waals surface area contributed by atoms with Gasteiger partial charge in [-0.2, -0.15) is 0 Å². The summed E-state index contributed by atoms with van der Waals surface area (Å²) < 4.78 is 50.7. The number of benzene rings is 1. The number of aliphatic hydroxyl groups excluding tert-OH is 1. The zero-order valence-corrected chi connectivity index (χ0v) is 11.4. The first-order valence-electron chi connectivity index (χ1n) is 7.05. The second kappa shape index (κ2) is 5.59. The lowest BCUT2D eigenvalue weighted by Crippen LogP contribution is -2.41. The number of halogens is 3. The summed E-state index contributed by atoms with van der Waals surface area (Å²) in [5.74, 6) is -4.27. The summed E-state index contributed by atoms with van der Waals surface area (Å²) in [4.78, 5) is 0. The predicted molar refractivity (Wildman–Crippen MR) is 68.1 cm³/mol. The van der Waals surface area contributed by atoms with E-state index in [1.54, 1.807) is 0 Å². The molecule has 3 atom stereocenters. The van der Waals surface area contributed by atoms with Crippen LogP contribution in [0.4, 0.5) is 13.2 Å². The van der Waals surface area contributed by atoms with E-state index in [1.807, 2.05) is 0 Å². The summed E-state index contributed by atoms with van der Waals surface area (Å²) in [6, 6.07) is 1.72. The first kappa shape index (κ1) is 14.8. The highest BCUT2D eigenvalue weighted by molar-refractivity contribution is 5.22. The van der Waals surface area contributed by atoms with Crippen LogP contribution in [0.3, 0.4) is 0 Å². The van der Waals surface area contributed by atoms with Gasteiger partial charge in [-0.1, -0.05) is 0 Å². The summed E-state index contributed by atoms with van der Waals surface area (Å²) in [7, 11) is 0. The molecular weight excluding hydrogens is 285 g/mol. The molecule has 1 aromatic rings. The number of ether oxygens (including phenoxy) is 2. The largest absolute Gasteiger partial charge is 0.388 e. The molecule has 1 N–H and O–H groups in total. The maximum Gasteiger partial charge on any atom is 0.194 e. The maximum atomic E-state index is 13.3. The van der Waals surface area contributed by atoms with Gasteiger partial charge in [-0.3, -0.25) is 0 Å². The van der Waals surface area contributed by atoms with E-state index in [0.717, 1.165) is 18.6 Å². The first-order valence-corrected chi connectivity index (χ1v) is 7.05. The van der Waals surface area contributed by atoms with Crippen molar-refractivity contribution in [3.05, 3.63) is 35.1 Å². The Labute approximate surface area is 120 Å². The van der Waals surface area contributed by atoms with E-state index in [0.29, 0.717) is 32.7 Å². The van der Waals surface area contributed by atoms with E-state index < -0.39 is 29.2 Å². The zero-order chi connectivity index (χ0) is 15.0. The van der Waals surface area contributed by atoms with Crippen LogP contribution in [0.1, 0.15) is 30.9 Å². The van der Waals surface area contributed by atoms with Crippen molar-refractivity contribution in [1.82, 2.24) is 0 Å². The van der Waals surface area contributed by atoms with Crippen molar-refractivity contribution < 1.29 is 27.8 Å². The predicted octanol–water partition coefficient (Wildman–Crippen LogP) is 2.72. The van der Waals surface area contributed by atoms with Gasteiger partial charge in [0.05, 0.1) is 18.3 Å². The molecule has 2 heterocycles. The molecule has 3 nitrogen and oxygen atoms in total. The highest BCUT2D eigenvalue weighted by atomic mass is 19.2. The molecule has 116 valence electrons.